The Hall–Kier alpha value is -2.90. The number of rotatable bonds is 6. The number of hydrogen-bond acceptors (Lipinski definition) is 7. The monoisotopic (exact) mass is 375 g/mol. The largest absolute Gasteiger partial charge is 0.459 e. The molecule has 0 aliphatic heterocycles. The zero-order valence-corrected chi connectivity index (χ0v) is 16.3. The molecule has 8 nitrogen and oxygen atoms in total. The van der Waals surface area contributed by atoms with Crippen molar-refractivity contribution < 1.29 is 23.5 Å². The molecular weight excluding hydrogens is 350 g/mol. The Bertz CT molecular complexity index is 767. The molecule has 1 aromatic carbocycles. The van der Waals surface area contributed by atoms with E-state index in [0.29, 0.717) is 6.42 Å². The normalized spacial score (nSPS) is 12.3. The lowest BCUT2D eigenvalue weighted by molar-refractivity contribution is 0.0193. The van der Waals surface area contributed by atoms with Gasteiger partial charge in [0.05, 0.1) is 6.61 Å². The van der Waals surface area contributed by atoms with Gasteiger partial charge < -0.3 is 13.9 Å². The van der Waals surface area contributed by atoms with E-state index < -0.39 is 23.7 Å². The first kappa shape index (κ1) is 20.4. The molecule has 0 unspecified atom stereocenters. The molecule has 2 rings (SSSR count). The third kappa shape index (κ3) is 5.80. The standard InChI is InChI=1S/C19H25N3O5/c1-6-25-17(23)16-21-20-15(26-16)14(12-13-10-8-7-9-11-13)22(5)18(24)27-19(2,3)4/h7-11,14H,6,12H2,1-5H3/t14-/m1/s1. The molecule has 0 saturated carbocycles. The first-order valence-electron chi connectivity index (χ1n) is 8.71. The van der Waals surface area contributed by atoms with Gasteiger partial charge in [-0.1, -0.05) is 30.3 Å². The van der Waals surface area contributed by atoms with E-state index in [0.717, 1.165) is 5.56 Å². The van der Waals surface area contributed by atoms with Crippen LogP contribution < -0.4 is 0 Å². The van der Waals surface area contributed by atoms with Crippen LogP contribution in [0.5, 0.6) is 0 Å². The zero-order valence-electron chi connectivity index (χ0n) is 16.3. The second-order valence-corrected chi connectivity index (χ2v) is 6.96. The second kappa shape index (κ2) is 8.66. The minimum Gasteiger partial charge on any atom is -0.459 e. The van der Waals surface area contributed by atoms with E-state index in [1.807, 2.05) is 30.3 Å². The summed E-state index contributed by atoms with van der Waals surface area (Å²) in [4.78, 5) is 25.7. The number of esters is 1. The van der Waals surface area contributed by atoms with Gasteiger partial charge in [-0.15, -0.1) is 10.2 Å². The summed E-state index contributed by atoms with van der Waals surface area (Å²) < 4.78 is 15.8. The van der Waals surface area contributed by atoms with Crippen LogP contribution >= 0.6 is 0 Å². The first-order valence-corrected chi connectivity index (χ1v) is 8.71. The van der Waals surface area contributed by atoms with E-state index in [1.165, 1.54) is 4.90 Å². The summed E-state index contributed by atoms with van der Waals surface area (Å²) in [5, 5.41) is 7.69. The molecular formula is C19H25N3O5. The lowest BCUT2D eigenvalue weighted by Gasteiger charge is -2.29. The molecule has 1 aromatic heterocycles. The molecule has 0 radical (unpaired) electrons. The van der Waals surface area contributed by atoms with Crippen LogP contribution in [0.3, 0.4) is 0 Å². The van der Waals surface area contributed by atoms with Crippen molar-refractivity contribution in [3.63, 3.8) is 0 Å². The van der Waals surface area contributed by atoms with Crippen molar-refractivity contribution in [2.75, 3.05) is 13.7 Å². The van der Waals surface area contributed by atoms with E-state index in [-0.39, 0.29) is 18.4 Å². The van der Waals surface area contributed by atoms with Crippen LogP contribution in [0.2, 0.25) is 0 Å². The second-order valence-electron chi connectivity index (χ2n) is 6.96. The maximum atomic E-state index is 12.5. The van der Waals surface area contributed by atoms with Gasteiger partial charge in [0.15, 0.2) is 0 Å². The molecule has 0 aliphatic carbocycles. The summed E-state index contributed by atoms with van der Waals surface area (Å²) in [6.07, 6.45) is -0.111. The first-order chi connectivity index (χ1) is 12.7. The minimum absolute atomic E-state index is 0.135. The van der Waals surface area contributed by atoms with Crippen molar-refractivity contribution in [2.45, 2.75) is 45.8 Å². The highest BCUT2D eigenvalue weighted by molar-refractivity contribution is 5.83. The molecule has 0 N–H and O–H groups in total. The lowest BCUT2D eigenvalue weighted by atomic mass is 10.1. The smallest absolute Gasteiger partial charge is 0.410 e. The number of carbonyl (C=O) groups is 2. The zero-order chi connectivity index (χ0) is 20.0. The number of carbonyl (C=O) groups excluding carboxylic acids is 2. The Kier molecular flexibility index (Phi) is 6.55. The van der Waals surface area contributed by atoms with Gasteiger partial charge in [-0.3, -0.25) is 4.90 Å². The minimum atomic E-state index is -0.699. The van der Waals surface area contributed by atoms with E-state index in [1.54, 1.807) is 34.7 Å². The molecule has 2 aromatic rings. The highest BCUT2D eigenvalue weighted by Gasteiger charge is 2.31. The molecule has 27 heavy (non-hydrogen) atoms. The molecule has 0 spiro atoms. The summed E-state index contributed by atoms with van der Waals surface area (Å²) in [5.74, 6) is -0.813. The van der Waals surface area contributed by atoms with Crippen LogP contribution in [0.15, 0.2) is 34.7 Å². The summed E-state index contributed by atoms with van der Waals surface area (Å²) in [6.45, 7) is 7.25. The highest BCUT2D eigenvalue weighted by atomic mass is 16.6. The van der Waals surface area contributed by atoms with Crippen LogP contribution in [0.1, 0.15) is 55.9 Å². The number of ether oxygens (including phenoxy) is 2. The molecule has 8 heteroatoms. The molecule has 0 fully saturated rings. The summed E-state index contributed by atoms with van der Waals surface area (Å²) in [6, 6.07) is 8.96. The Balaban J connectivity index is 2.29. The average molecular weight is 375 g/mol. The molecule has 0 saturated heterocycles. The quantitative estimate of drug-likeness (QED) is 0.714. The average Bonchev–Trinajstić information content (AvgIpc) is 3.08. The fourth-order valence-corrected chi connectivity index (χ4v) is 2.33. The molecule has 1 heterocycles. The predicted octanol–water partition coefficient (Wildman–Crippen LogP) is 3.40. The summed E-state index contributed by atoms with van der Waals surface area (Å²) in [7, 11) is 1.59. The van der Waals surface area contributed by atoms with Crippen molar-refractivity contribution in [1.29, 1.82) is 0 Å². The number of amides is 1. The maximum Gasteiger partial charge on any atom is 0.410 e. The summed E-state index contributed by atoms with van der Waals surface area (Å²) in [5.41, 5.74) is 0.321. The lowest BCUT2D eigenvalue weighted by Crippen LogP contribution is -2.37. The maximum absolute atomic E-state index is 12.5. The van der Waals surface area contributed by atoms with Crippen molar-refractivity contribution in [2.24, 2.45) is 0 Å². The SMILES string of the molecule is CCOC(=O)c1nnc([C@@H](Cc2ccccc2)N(C)C(=O)OC(C)(C)C)o1. The van der Waals surface area contributed by atoms with Crippen LogP contribution in [-0.4, -0.2) is 46.4 Å². The Labute approximate surface area is 158 Å². The topological polar surface area (TPSA) is 94.8 Å². The molecule has 146 valence electrons. The fraction of sp³-hybridized carbons (Fsp3) is 0.474. The third-order valence-corrected chi connectivity index (χ3v) is 3.60. The van der Waals surface area contributed by atoms with Crippen LogP contribution in [-0.2, 0) is 15.9 Å². The van der Waals surface area contributed by atoms with Gasteiger partial charge in [0.2, 0.25) is 5.89 Å². The number of nitrogens with zero attached hydrogens (tertiary/aromatic N) is 3. The predicted molar refractivity (Wildman–Crippen MR) is 97.1 cm³/mol. The molecule has 1 amide bonds. The van der Waals surface area contributed by atoms with Crippen molar-refractivity contribution in [1.82, 2.24) is 15.1 Å². The van der Waals surface area contributed by atoms with Crippen LogP contribution in [0.25, 0.3) is 0 Å². The highest BCUT2D eigenvalue weighted by Crippen LogP contribution is 2.25. The van der Waals surface area contributed by atoms with Gasteiger partial charge >= 0.3 is 18.0 Å². The third-order valence-electron chi connectivity index (χ3n) is 3.60. The Morgan fingerprint density at radius 3 is 2.44 bits per heavy atom. The molecule has 0 aliphatic rings. The van der Waals surface area contributed by atoms with Gasteiger partial charge in [-0.25, -0.2) is 9.59 Å². The van der Waals surface area contributed by atoms with Crippen LogP contribution in [0, 0.1) is 0 Å². The van der Waals surface area contributed by atoms with Gasteiger partial charge in [0.25, 0.3) is 0 Å². The number of benzene rings is 1. The van der Waals surface area contributed by atoms with E-state index in [2.05, 4.69) is 10.2 Å². The van der Waals surface area contributed by atoms with E-state index in [9.17, 15) is 9.59 Å². The van der Waals surface area contributed by atoms with Gasteiger partial charge in [0.1, 0.15) is 11.6 Å². The Morgan fingerprint density at radius 1 is 1.19 bits per heavy atom. The van der Waals surface area contributed by atoms with E-state index >= 15 is 0 Å². The van der Waals surface area contributed by atoms with Gasteiger partial charge in [-0.2, -0.15) is 0 Å². The van der Waals surface area contributed by atoms with E-state index in [4.69, 9.17) is 13.9 Å². The summed E-state index contributed by atoms with van der Waals surface area (Å²) >= 11 is 0. The van der Waals surface area contributed by atoms with Gasteiger partial charge in [0, 0.05) is 13.5 Å². The van der Waals surface area contributed by atoms with Crippen molar-refractivity contribution >= 4 is 12.1 Å². The number of hydrogen-bond donors (Lipinski definition) is 0. The number of likely N-dealkylation sites (N-methyl/N-ethyl adjacent to an activating group) is 1. The fourth-order valence-electron chi connectivity index (χ4n) is 2.33. The Morgan fingerprint density at radius 2 is 1.85 bits per heavy atom. The van der Waals surface area contributed by atoms with Crippen molar-refractivity contribution in [3.8, 4) is 0 Å². The van der Waals surface area contributed by atoms with Crippen LogP contribution in [0.4, 0.5) is 4.79 Å². The number of aromatic nitrogens is 2. The molecule has 0 bridgehead atoms. The van der Waals surface area contributed by atoms with Gasteiger partial charge in [-0.05, 0) is 33.3 Å². The molecule has 1 atom stereocenters. The van der Waals surface area contributed by atoms with Crippen molar-refractivity contribution in [3.05, 3.63) is 47.7 Å².